The summed E-state index contributed by atoms with van der Waals surface area (Å²) in [5.74, 6) is 0.715. The number of rotatable bonds is 5. The molecule has 0 aliphatic heterocycles. The summed E-state index contributed by atoms with van der Waals surface area (Å²) in [6, 6.07) is 12.8. The van der Waals surface area contributed by atoms with Gasteiger partial charge in [-0.2, -0.15) is 0 Å². The van der Waals surface area contributed by atoms with E-state index in [1.54, 1.807) is 0 Å². The number of aryl methyl sites for hydroxylation is 2. The Morgan fingerprint density at radius 1 is 0.861 bits per heavy atom. The van der Waals surface area contributed by atoms with Crippen molar-refractivity contribution in [3.8, 4) is 5.69 Å². The molecule has 1 aromatic heterocycles. The molecule has 194 valence electrons. The second-order valence-electron chi connectivity index (χ2n) is 12.6. The fourth-order valence-corrected chi connectivity index (χ4v) is 10.6. The molecule has 0 aliphatic rings. The van der Waals surface area contributed by atoms with Crippen molar-refractivity contribution in [1.82, 2.24) is 4.57 Å². The van der Waals surface area contributed by atoms with Gasteiger partial charge in [-0.15, -0.1) is 0 Å². The highest BCUT2D eigenvalue weighted by Crippen LogP contribution is 2.50. The number of aliphatic imine (C=N–C) groups is 1. The first-order chi connectivity index (χ1) is 16.6. The van der Waals surface area contributed by atoms with Gasteiger partial charge in [0.25, 0.3) is 5.29 Å². The van der Waals surface area contributed by atoms with Gasteiger partial charge in [-0.25, -0.2) is 4.99 Å². The van der Waals surface area contributed by atoms with Crippen LogP contribution in [0, 0.1) is 19.3 Å². The lowest BCUT2D eigenvalue weighted by molar-refractivity contribution is 0.567. The van der Waals surface area contributed by atoms with Gasteiger partial charge in [0.1, 0.15) is 0 Å². The molecular formula is C31H44N2OP2. The van der Waals surface area contributed by atoms with Gasteiger partial charge in [-0.1, -0.05) is 106 Å². The van der Waals surface area contributed by atoms with E-state index >= 15 is 0 Å². The van der Waals surface area contributed by atoms with E-state index in [1.165, 1.54) is 16.6 Å². The van der Waals surface area contributed by atoms with Crippen LogP contribution in [-0.2, 0) is 5.41 Å². The molecular weight excluding hydrogens is 478 g/mol. The fourth-order valence-electron chi connectivity index (χ4n) is 4.63. The van der Waals surface area contributed by atoms with Gasteiger partial charge in [0.2, 0.25) is 0 Å². The molecule has 0 spiro atoms. The second kappa shape index (κ2) is 10.4. The number of aromatic nitrogens is 1. The zero-order valence-electron chi connectivity index (χ0n) is 24.3. The first kappa shape index (κ1) is 28.6. The Bertz CT molecular complexity index is 1300. The minimum atomic E-state index is -1.16. The zero-order valence-corrected chi connectivity index (χ0v) is 26.1. The van der Waals surface area contributed by atoms with Gasteiger partial charge < -0.3 is 0 Å². The minimum absolute atomic E-state index is 0.134. The van der Waals surface area contributed by atoms with E-state index in [2.05, 4.69) is 124 Å². The maximum absolute atomic E-state index is 14.4. The van der Waals surface area contributed by atoms with Crippen LogP contribution in [-0.4, -0.2) is 10.0 Å². The van der Waals surface area contributed by atoms with Crippen molar-refractivity contribution in [1.29, 1.82) is 0 Å². The topological polar surface area (TPSA) is 34.4 Å². The smallest absolute Gasteiger partial charge is 0.272 e. The van der Waals surface area contributed by atoms with Crippen LogP contribution < -0.4 is 5.29 Å². The Labute approximate surface area is 221 Å². The standard InChI is InChI=1S/C31H44N2OP2/c1-19(2)23-17-14-18-24(20(3)4)25(23)32-27(30(7,8)9)36-29(34)33(28(35-36)31(10,11)12)26-21(5)15-13-16-22(26)6/h13-20H,1-12H3. The molecule has 36 heavy (non-hydrogen) atoms. The van der Waals surface area contributed by atoms with E-state index in [9.17, 15) is 4.79 Å². The second-order valence-corrected chi connectivity index (χ2v) is 16.5. The van der Waals surface area contributed by atoms with Gasteiger partial charge in [0.15, 0.2) is 0 Å². The summed E-state index contributed by atoms with van der Waals surface area (Å²) in [6.45, 7) is 26.4. The van der Waals surface area contributed by atoms with Crippen LogP contribution in [0.3, 0.4) is 0 Å². The fraction of sp³-hybridized carbons (Fsp3) is 0.516. The number of hydrogen-bond donors (Lipinski definition) is 0. The normalized spacial score (nSPS) is 13.9. The van der Waals surface area contributed by atoms with Crippen molar-refractivity contribution in [2.24, 2.45) is 10.4 Å². The molecule has 0 N–H and O–H groups in total. The van der Waals surface area contributed by atoms with E-state index < -0.39 is 7.21 Å². The molecule has 0 amide bonds. The summed E-state index contributed by atoms with van der Waals surface area (Å²) in [5, 5.41) is 0.204. The number of para-hydroxylation sites is 2. The van der Waals surface area contributed by atoms with Crippen LogP contribution in [0.5, 0.6) is 0 Å². The minimum Gasteiger partial charge on any atom is -0.272 e. The van der Waals surface area contributed by atoms with Gasteiger partial charge >= 0.3 is 0 Å². The molecule has 2 aromatic carbocycles. The quantitative estimate of drug-likeness (QED) is 0.307. The Balaban J connectivity index is 2.47. The Hall–Kier alpha value is -1.95. The largest absolute Gasteiger partial charge is 0.283 e. The lowest BCUT2D eigenvalue weighted by atomic mass is 9.92. The van der Waals surface area contributed by atoms with E-state index in [1.807, 2.05) is 0 Å². The summed E-state index contributed by atoms with van der Waals surface area (Å²) in [6.07, 6.45) is 0. The van der Waals surface area contributed by atoms with E-state index in [-0.39, 0.29) is 16.1 Å². The van der Waals surface area contributed by atoms with Crippen LogP contribution in [0.1, 0.15) is 109 Å². The third-order valence-corrected chi connectivity index (χ3v) is 11.8. The molecule has 0 saturated heterocycles. The predicted octanol–water partition coefficient (Wildman–Crippen LogP) is 10.2. The molecule has 5 heteroatoms. The Morgan fingerprint density at radius 2 is 1.33 bits per heavy atom. The van der Waals surface area contributed by atoms with Crippen molar-refractivity contribution < 1.29 is 0 Å². The number of benzene rings is 2. The Kier molecular flexibility index (Phi) is 8.29. The molecule has 0 bridgehead atoms. The number of hydrogen-bond acceptors (Lipinski definition) is 2. The molecule has 0 aliphatic carbocycles. The molecule has 1 atom stereocenters. The van der Waals surface area contributed by atoms with E-state index in [0.29, 0.717) is 11.8 Å². The average Bonchev–Trinajstić information content (AvgIpc) is 3.07. The SMILES string of the molecule is Cc1cccc(C)c1-n1c(C(C)(C)C)pp(C(=Nc2c(C(C)C)cccc2C(C)C)C(C)(C)C)c1=O. The molecule has 1 heterocycles. The summed E-state index contributed by atoms with van der Waals surface area (Å²) >= 11 is 0. The third kappa shape index (κ3) is 5.64. The molecule has 0 saturated carbocycles. The van der Waals surface area contributed by atoms with Gasteiger partial charge in [-0.05, 0) is 55.8 Å². The summed E-state index contributed by atoms with van der Waals surface area (Å²) in [5.41, 5.74) is 8.75. The monoisotopic (exact) mass is 522 g/mol. The molecule has 3 rings (SSSR count). The van der Waals surface area contributed by atoms with E-state index in [0.717, 1.165) is 35.8 Å². The predicted molar refractivity (Wildman–Crippen MR) is 162 cm³/mol. The van der Waals surface area contributed by atoms with Crippen molar-refractivity contribution in [2.45, 2.75) is 100 Å². The Morgan fingerprint density at radius 3 is 1.75 bits per heavy atom. The summed E-state index contributed by atoms with van der Waals surface area (Å²) in [7, 11) is -0.0678. The van der Waals surface area contributed by atoms with Crippen molar-refractivity contribution in [3.63, 3.8) is 0 Å². The van der Waals surface area contributed by atoms with Gasteiger partial charge in [0, 0.05) is 18.0 Å². The van der Waals surface area contributed by atoms with Crippen LogP contribution >= 0.6 is 15.1 Å². The summed E-state index contributed by atoms with van der Waals surface area (Å²) in [4.78, 5) is 19.9. The highest BCUT2D eigenvalue weighted by atomic mass is 31.9. The van der Waals surface area contributed by atoms with Crippen LogP contribution in [0.2, 0.25) is 0 Å². The maximum atomic E-state index is 14.4. The molecule has 3 nitrogen and oxygen atoms in total. The summed E-state index contributed by atoms with van der Waals surface area (Å²) < 4.78 is 2.05. The lowest BCUT2D eigenvalue weighted by Crippen LogP contribution is -2.25. The van der Waals surface area contributed by atoms with Crippen molar-refractivity contribution >= 4 is 26.2 Å². The highest BCUT2D eigenvalue weighted by Gasteiger charge is 2.32. The molecule has 0 fully saturated rings. The third-order valence-electron chi connectivity index (χ3n) is 6.54. The van der Waals surface area contributed by atoms with Crippen molar-refractivity contribution in [3.05, 3.63) is 74.2 Å². The molecule has 0 radical (unpaired) electrons. The average molecular weight is 523 g/mol. The van der Waals surface area contributed by atoms with Crippen LogP contribution in [0.4, 0.5) is 5.69 Å². The zero-order chi connectivity index (χ0) is 27.2. The molecule has 3 aromatic rings. The lowest BCUT2D eigenvalue weighted by Gasteiger charge is -2.23. The number of nitrogens with zero attached hydrogens (tertiary/aromatic N) is 2. The first-order valence-corrected chi connectivity index (χ1v) is 16.0. The molecule has 1 unspecified atom stereocenters. The highest BCUT2D eigenvalue weighted by molar-refractivity contribution is 8.09. The van der Waals surface area contributed by atoms with Gasteiger partial charge in [-0.3, -0.25) is 9.36 Å². The van der Waals surface area contributed by atoms with E-state index in [4.69, 9.17) is 4.99 Å². The first-order valence-electron chi connectivity index (χ1n) is 13.1. The maximum Gasteiger partial charge on any atom is 0.283 e. The van der Waals surface area contributed by atoms with Crippen LogP contribution in [0.25, 0.3) is 5.69 Å². The van der Waals surface area contributed by atoms with Crippen molar-refractivity contribution in [2.75, 3.05) is 0 Å². The van der Waals surface area contributed by atoms with Crippen LogP contribution in [0.15, 0.2) is 46.2 Å². The van der Waals surface area contributed by atoms with Gasteiger partial charge in [0.05, 0.1) is 22.3 Å².